The van der Waals surface area contributed by atoms with Gasteiger partial charge in [0.25, 0.3) is 5.91 Å². The minimum atomic E-state index is -0.360. The lowest BCUT2D eigenvalue weighted by atomic mass is 10.1. The van der Waals surface area contributed by atoms with Crippen LogP contribution in [0.4, 0.5) is 4.39 Å². The van der Waals surface area contributed by atoms with Crippen LogP contribution in [-0.4, -0.2) is 45.8 Å². The third-order valence-electron chi connectivity index (χ3n) is 3.66. The summed E-state index contributed by atoms with van der Waals surface area (Å²) >= 11 is 1.25. The van der Waals surface area contributed by atoms with Crippen LogP contribution in [0.3, 0.4) is 0 Å². The molecule has 0 unspecified atom stereocenters. The van der Waals surface area contributed by atoms with E-state index >= 15 is 0 Å². The van der Waals surface area contributed by atoms with E-state index in [9.17, 15) is 14.0 Å². The Bertz CT molecular complexity index is 915. The van der Waals surface area contributed by atoms with Crippen LogP contribution >= 0.6 is 11.8 Å². The fraction of sp³-hybridized carbons (Fsp3) is 0.176. The second-order valence-corrected chi connectivity index (χ2v) is 6.39. The Kier molecular flexibility index (Phi) is 4.54. The lowest BCUT2D eigenvalue weighted by Gasteiger charge is -2.05. The molecule has 1 saturated heterocycles. The molecule has 1 aliphatic heterocycles. The molecule has 0 atom stereocenters. The van der Waals surface area contributed by atoms with Gasteiger partial charge in [0.2, 0.25) is 5.91 Å². The Morgan fingerprint density at radius 2 is 2.00 bits per heavy atom. The normalized spacial score (nSPS) is 17.8. The minimum absolute atomic E-state index is 0.175. The summed E-state index contributed by atoms with van der Waals surface area (Å²) in [5.41, 5.74) is 1.76. The summed E-state index contributed by atoms with van der Waals surface area (Å²) in [5.74, 6) is -0.792. The van der Waals surface area contributed by atoms with Gasteiger partial charge in [-0.05, 0) is 42.1 Å². The summed E-state index contributed by atoms with van der Waals surface area (Å²) in [7, 11) is 3.27. The van der Waals surface area contributed by atoms with Gasteiger partial charge in [-0.2, -0.15) is 5.10 Å². The molecule has 0 N–H and O–H groups in total. The Hall–Kier alpha value is -2.74. The maximum absolute atomic E-state index is 13.2. The predicted molar refractivity (Wildman–Crippen MR) is 95.6 cm³/mol. The van der Waals surface area contributed by atoms with Gasteiger partial charge in [-0.1, -0.05) is 0 Å². The van der Waals surface area contributed by atoms with Gasteiger partial charge in [0.05, 0.1) is 4.91 Å². The number of hydrogen-bond donors (Lipinski definition) is 0. The van der Waals surface area contributed by atoms with E-state index in [1.165, 1.54) is 40.4 Å². The van der Waals surface area contributed by atoms with Gasteiger partial charge in [0, 0.05) is 38.3 Å². The molecule has 1 aromatic carbocycles. The van der Waals surface area contributed by atoms with Crippen molar-refractivity contribution in [2.24, 2.45) is 4.99 Å². The number of carbonyl (C=O) groups excluding carboxylic acids is 2. The van der Waals surface area contributed by atoms with Gasteiger partial charge in [-0.25, -0.2) is 9.07 Å². The predicted octanol–water partition coefficient (Wildman–Crippen LogP) is 2.88. The van der Waals surface area contributed by atoms with E-state index in [1.807, 2.05) is 0 Å². The molecule has 0 spiro atoms. The van der Waals surface area contributed by atoms with Crippen LogP contribution in [0.1, 0.15) is 17.3 Å². The fourth-order valence-electron chi connectivity index (χ4n) is 2.38. The van der Waals surface area contributed by atoms with Crippen LogP contribution in [0.25, 0.3) is 17.3 Å². The summed E-state index contributed by atoms with van der Waals surface area (Å²) in [6.07, 6.45) is 3.23. The van der Waals surface area contributed by atoms with Gasteiger partial charge in [0.15, 0.2) is 5.17 Å². The first-order valence-electron chi connectivity index (χ1n) is 7.41. The maximum atomic E-state index is 13.2. The second-order valence-electron chi connectivity index (χ2n) is 5.38. The molecule has 2 aromatic rings. The van der Waals surface area contributed by atoms with Crippen molar-refractivity contribution < 1.29 is 14.0 Å². The molecule has 0 aliphatic carbocycles. The van der Waals surface area contributed by atoms with Gasteiger partial charge in [-0.3, -0.25) is 19.5 Å². The van der Waals surface area contributed by atoms with Crippen molar-refractivity contribution in [3.8, 4) is 11.3 Å². The monoisotopic (exact) mass is 358 g/mol. The average Bonchev–Trinajstić information content (AvgIpc) is 3.12. The number of benzene rings is 1. The van der Waals surface area contributed by atoms with Crippen molar-refractivity contribution in [2.45, 2.75) is 6.92 Å². The smallest absolute Gasteiger partial charge is 0.266 e. The number of nitrogens with zero attached hydrogens (tertiary/aromatic N) is 4. The first-order valence-corrected chi connectivity index (χ1v) is 8.23. The molecule has 3 rings (SSSR count). The van der Waals surface area contributed by atoms with Crippen molar-refractivity contribution in [3.05, 3.63) is 46.7 Å². The van der Waals surface area contributed by atoms with E-state index in [1.54, 1.807) is 38.5 Å². The van der Waals surface area contributed by atoms with Crippen molar-refractivity contribution >= 4 is 34.8 Å². The molecule has 1 fully saturated rings. The molecule has 8 heteroatoms. The zero-order chi connectivity index (χ0) is 18.1. The third kappa shape index (κ3) is 3.25. The van der Waals surface area contributed by atoms with Crippen molar-refractivity contribution in [3.63, 3.8) is 0 Å². The van der Waals surface area contributed by atoms with Crippen molar-refractivity contribution in [1.82, 2.24) is 14.7 Å². The first kappa shape index (κ1) is 17.1. The Balaban J connectivity index is 2.09. The highest BCUT2D eigenvalue weighted by molar-refractivity contribution is 8.18. The van der Waals surface area contributed by atoms with E-state index in [0.717, 1.165) is 0 Å². The summed E-state index contributed by atoms with van der Waals surface area (Å²) in [6.45, 7) is 1.39. The Labute approximate surface area is 148 Å². The topological polar surface area (TPSA) is 67.6 Å². The van der Waals surface area contributed by atoms with E-state index in [-0.39, 0.29) is 17.6 Å². The molecule has 0 saturated carbocycles. The zero-order valence-corrected chi connectivity index (χ0v) is 14.7. The first-order chi connectivity index (χ1) is 11.9. The molecule has 1 aliphatic rings. The van der Waals surface area contributed by atoms with Crippen molar-refractivity contribution in [2.75, 3.05) is 14.1 Å². The molecule has 128 valence electrons. The van der Waals surface area contributed by atoms with Crippen LogP contribution in [-0.2, 0) is 4.79 Å². The SMILES string of the molecule is CN=C1S/C(=C\c2cn(C(C)=O)nc2-c2ccc(F)cc2)C(=O)N1C. The summed E-state index contributed by atoms with van der Waals surface area (Å²) < 4.78 is 14.4. The molecule has 1 aromatic heterocycles. The number of likely N-dealkylation sites (N-methyl/N-ethyl adjacent to an activating group) is 1. The number of hydrogen-bond acceptors (Lipinski definition) is 5. The second kappa shape index (κ2) is 6.64. The highest BCUT2D eigenvalue weighted by Gasteiger charge is 2.30. The number of aliphatic imine (C=N–C) groups is 1. The lowest BCUT2D eigenvalue weighted by molar-refractivity contribution is -0.121. The van der Waals surface area contributed by atoms with Crippen LogP contribution in [0, 0.1) is 5.82 Å². The van der Waals surface area contributed by atoms with Gasteiger partial charge in [-0.15, -0.1) is 0 Å². The van der Waals surface area contributed by atoms with E-state index < -0.39 is 0 Å². The highest BCUT2D eigenvalue weighted by atomic mass is 32.2. The van der Waals surface area contributed by atoms with Crippen LogP contribution < -0.4 is 0 Å². The number of carbonyl (C=O) groups is 2. The molecular weight excluding hydrogens is 343 g/mol. The molecule has 2 heterocycles. The Morgan fingerprint density at radius 3 is 2.56 bits per heavy atom. The van der Waals surface area contributed by atoms with E-state index in [0.29, 0.717) is 26.9 Å². The summed E-state index contributed by atoms with van der Waals surface area (Å²) in [4.78, 5) is 30.0. The van der Waals surface area contributed by atoms with Crippen molar-refractivity contribution in [1.29, 1.82) is 0 Å². The number of rotatable bonds is 2. The minimum Gasteiger partial charge on any atom is -0.290 e. The quantitative estimate of drug-likeness (QED) is 0.774. The lowest BCUT2D eigenvalue weighted by Crippen LogP contribution is -2.23. The molecule has 0 radical (unpaired) electrons. The largest absolute Gasteiger partial charge is 0.290 e. The Morgan fingerprint density at radius 1 is 1.32 bits per heavy atom. The average molecular weight is 358 g/mol. The van der Waals surface area contributed by atoms with Crippen LogP contribution in [0.5, 0.6) is 0 Å². The van der Waals surface area contributed by atoms with Gasteiger partial charge in [0.1, 0.15) is 11.5 Å². The molecule has 0 bridgehead atoms. The number of aromatic nitrogens is 2. The third-order valence-corrected chi connectivity index (χ3v) is 4.82. The number of amidine groups is 1. The number of thioether (sulfide) groups is 1. The summed E-state index contributed by atoms with van der Waals surface area (Å²) in [6, 6.07) is 5.81. The van der Waals surface area contributed by atoms with Gasteiger partial charge < -0.3 is 0 Å². The van der Waals surface area contributed by atoms with Gasteiger partial charge >= 0.3 is 0 Å². The number of amides is 1. The zero-order valence-electron chi connectivity index (χ0n) is 13.9. The standard InChI is InChI=1S/C17H15FN4O2S/c1-10(23)22-9-12(8-14-16(24)21(3)17(19-2)25-14)15(20-22)11-4-6-13(18)7-5-11/h4-9H,1-3H3/b14-8-,19-17?. The van der Waals surface area contributed by atoms with E-state index in [2.05, 4.69) is 10.1 Å². The molecular formula is C17H15FN4O2S. The maximum Gasteiger partial charge on any atom is 0.266 e. The number of halogens is 1. The molecule has 6 nitrogen and oxygen atoms in total. The molecule has 1 amide bonds. The van der Waals surface area contributed by atoms with Crippen LogP contribution in [0.2, 0.25) is 0 Å². The van der Waals surface area contributed by atoms with Crippen LogP contribution in [0.15, 0.2) is 40.4 Å². The van der Waals surface area contributed by atoms with E-state index in [4.69, 9.17) is 0 Å². The fourth-order valence-corrected chi connectivity index (χ4v) is 3.29. The molecule has 25 heavy (non-hydrogen) atoms. The highest BCUT2D eigenvalue weighted by Crippen LogP contribution is 2.33. The summed E-state index contributed by atoms with van der Waals surface area (Å²) in [5, 5.41) is 4.87.